The van der Waals surface area contributed by atoms with Gasteiger partial charge in [-0.1, -0.05) is 11.6 Å². The molecule has 0 aliphatic carbocycles. The zero-order chi connectivity index (χ0) is 14.7. The van der Waals surface area contributed by atoms with Crippen LogP contribution in [0, 0.1) is 20.2 Å². The highest BCUT2D eigenvalue weighted by Crippen LogP contribution is 2.31. The topological polar surface area (TPSA) is 98.3 Å². The van der Waals surface area contributed by atoms with Gasteiger partial charge in [-0.15, -0.1) is 0 Å². The molecule has 0 fully saturated rings. The van der Waals surface area contributed by atoms with Crippen LogP contribution in [0.1, 0.15) is 0 Å². The minimum Gasteiger partial charge on any atom is -0.355 e. The van der Waals surface area contributed by atoms with Gasteiger partial charge in [0, 0.05) is 28.5 Å². The lowest BCUT2D eigenvalue weighted by Gasteiger charge is -2.06. The lowest BCUT2D eigenvalue weighted by atomic mass is 10.2. The summed E-state index contributed by atoms with van der Waals surface area (Å²) in [7, 11) is 0. The Morgan fingerprint density at radius 2 is 1.40 bits per heavy atom. The normalized spacial score (nSPS) is 10.1. The molecule has 8 heteroatoms. The van der Waals surface area contributed by atoms with E-state index in [1.54, 1.807) is 24.3 Å². The second-order valence-electron chi connectivity index (χ2n) is 3.85. The van der Waals surface area contributed by atoms with E-state index in [-0.39, 0.29) is 0 Å². The Bertz CT molecular complexity index is 673. The van der Waals surface area contributed by atoms with Crippen molar-refractivity contribution in [2.75, 3.05) is 5.32 Å². The zero-order valence-electron chi connectivity index (χ0n) is 9.95. The summed E-state index contributed by atoms with van der Waals surface area (Å²) in [6, 6.07) is 10.3. The first kappa shape index (κ1) is 13.8. The molecular formula is C12H8ClN3O4. The van der Waals surface area contributed by atoms with Crippen molar-refractivity contribution in [2.45, 2.75) is 0 Å². The van der Waals surface area contributed by atoms with Gasteiger partial charge in [-0.05, 0) is 30.3 Å². The monoisotopic (exact) mass is 293 g/mol. The second kappa shape index (κ2) is 5.54. The van der Waals surface area contributed by atoms with E-state index < -0.39 is 21.2 Å². The van der Waals surface area contributed by atoms with Gasteiger partial charge >= 0.3 is 11.4 Å². The maximum absolute atomic E-state index is 10.8. The molecule has 0 amide bonds. The summed E-state index contributed by atoms with van der Waals surface area (Å²) >= 11 is 5.75. The molecule has 102 valence electrons. The van der Waals surface area contributed by atoms with E-state index in [1.807, 2.05) is 0 Å². The Morgan fingerprint density at radius 3 is 1.95 bits per heavy atom. The summed E-state index contributed by atoms with van der Waals surface area (Å²) in [5.74, 6) is 0. The Kier molecular flexibility index (Phi) is 3.81. The van der Waals surface area contributed by atoms with Crippen LogP contribution < -0.4 is 5.32 Å². The molecule has 0 aliphatic rings. The SMILES string of the molecule is O=[N+]([O-])c1ccc(Nc2ccc(Cl)cc2)cc1[N+](=O)[O-]. The first-order chi connectivity index (χ1) is 9.47. The molecule has 0 heterocycles. The number of hydrogen-bond acceptors (Lipinski definition) is 5. The van der Waals surface area contributed by atoms with Crippen LogP contribution in [0.4, 0.5) is 22.7 Å². The summed E-state index contributed by atoms with van der Waals surface area (Å²) in [5, 5.41) is 25.0. The lowest BCUT2D eigenvalue weighted by molar-refractivity contribution is -0.422. The molecule has 0 radical (unpaired) electrons. The standard InChI is InChI=1S/C12H8ClN3O4/c13-8-1-3-9(4-2-8)14-10-5-6-11(15(17)18)12(7-10)16(19)20/h1-7,14H. The number of nitrogens with one attached hydrogen (secondary N) is 1. The van der Waals surface area contributed by atoms with Crippen LogP contribution in [-0.2, 0) is 0 Å². The first-order valence-electron chi connectivity index (χ1n) is 5.43. The van der Waals surface area contributed by atoms with Crippen molar-refractivity contribution in [3.05, 3.63) is 67.7 Å². The van der Waals surface area contributed by atoms with E-state index in [2.05, 4.69) is 5.32 Å². The van der Waals surface area contributed by atoms with Gasteiger partial charge in [-0.3, -0.25) is 20.2 Å². The van der Waals surface area contributed by atoms with Crippen LogP contribution in [0.15, 0.2) is 42.5 Å². The third kappa shape index (κ3) is 3.01. The first-order valence-corrected chi connectivity index (χ1v) is 5.80. The van der Waals surface area contributed by atoms with E-state index in [4.69, 9.17) is 11.6 Å². The van der Waals surface area contributed by atoms with Crippen LogP contribution in [-0.4, -0.2) is 9.85 Å². The number of halogens is 1. The fraction of sp³-hybridized carbons (Fsp3) is 0. The largest absolute Gasteiger partial charge is 0.355 e. The highest BCUT2D eigenvalue weighted by atomic mass is 35.5. The Labute approximate surface area is 118 Å². The van der Waals surface area contributed by atoms with E-state index in [1.165, 1.54) is 6.07 Å². The minimum atomic E-state index is -0.787. The predicted molar refractivity (Wildman–Crippen MR) is 74.5 cm³/mol. The summed E-state index contributed by atoms with van der Waals surface area (Å²) in [4.78, 5) is 20.0. The zero-order valence-corrected chi connectivity index (χ0v) is 10.7. The molecule has 0 saturated carbocycles. The molecule has 0 aliphatic heterocycles. The highest BCUT2D eigenvalue weighted by molar-refractivity contribution is 6.30. The summed E-state index contributed by atoms with van der Waals surface area (Å²) < 4.78 is 0. The average Bonchev–Trinajstić information content (AvgIpc) is 2.41. The van der Waals surface area contributed by atoms with E-state index in [9.17, 15) is 20.2 Å². The van der Waals surface area contributed by atoms with Gasteiger partial charge in [0.15, 0.2) is 0 Å². The van der Waals surface area contributed by atoms with Crippen molar-refractivity contribution in [2.24, 2.45) is 0 Å². The number of nitro benzene ring substituents is 2. The molecule has 0 bridgehead atoms. The smallest absolute Gasteiger partial charge is 0.348 e. The third-order valence-electron chi connectivity index (χ3n) is 2.50. The molecule has 20 heavy (non-hydrogen) atoms. The van der Waals surface area contributed by atoms with Gasteiger partial charge in [0.2, 0.25) is 0 Å². The van der Waals surface area contributed by atoms with Gasteiger partial charge in [0.05, 0.1) is 9.85 Å². The molecule has 0 spiro atoms. The fourth-order valence-electron chi connectivity index (χ4n) is 1.60. The number of nitrogens with zero attached hydrogens (tertiary/aromatic N) is 2. The molecule has 2 aromatic carbocycles. The van der Waals surface area contributed by atoms with Gasteiger partial charge in [0.25, 0.3) is 0 Å². The lowest BCUT2D eigenvalue weighted by Crippen LogP contribution is -1.98. The molecule has 2 aromatic rings. The van der Waals surface area contributed by atoms with Crippen molar-refractivity contribution < 1.29 is 9.85 Å². The van der Waals surface area contributed by atoms with Crippen molar-refractivity contribution in [1.29, 1.82) is 0 Å². The number of anilines is 2. The van der Waals surface area contributed by atoms with Crippen LogP contribution in [0.5, 0.6) is 0 Å². The maximum atomic E-state index is 10.8. The van der Waals surface area contributed by atoms with Gasteiger partial charge in [-0.25, -0.2) is 0 Å². The number of benzene rings is 2. The van der Waals surface area contributed by atoms with Crippen LogP contribution in [0.2, 0.25) is 5.02 Å². The van der Waals surface area contributed by atoms with E-state index in [0.29, 0.717) is 16.4 Å². The molecule has 0 atom stereocenters. The quantitative estimate of drug-likeness (QED) is 0.681. The molecule has 1 N–H and O–H groups in total. The molecule has 7 nitrogen and oxygen atoms in total. The molecule has 2 rings (SSSR count). The summed E-state index contributed by atoms with van der Waals surface area (Å²) in [6.07, 6.45) is 0. The van der Waals surface area contributed by atoms with Crippen molar-refractivity contribution in [3.8, 4) is 0 Å². The highest BCUT2D eigenvalue weighted by Gasteiger charge is 2.24. The van der Waals surface area contributed by atoms with Crippen molar-refractivity contribution >= 4 is 34.4 Å². The van der Waals surface area contributed by atoms with Crippen LogP contribution in [0.3, 0.4) is 0 Å². The Hall–Kier alpha value is -2.67. The van der Waals surface area contributed by atoms with Gasteiger partial charge in [0.1, 0.15) is 0 Å². The Morgan fingerprint density at radius 1 is 0.850 bits per heavy atom. The number of rotatable bonds is 4. The van der Waals surface area contributed by atoms with Crippen LogP contribution in [0.25, 0.3) is 0 Å². The van der Waals surface area contributed by atoms with Crippen molar-refractivity contribution in [1.82, 2.24) is 0 Å². The Balaban J connectivity index is 2.34. The summed E-state index contributed by atoms with van der Waals surface area (Å²) in [6.45, 7) is 0. The van der Waals surface area contributed by atoms with Gasteiger partial charge < -0.3 is 5.32 Å². The average molecular weight is 294 g/mol. The van der Waals surface area contributed by atoms with E-state index >= 15 is 0 Å². The molecular weight excluding hydrogens is 286 g/mol. The number of nitro groups is 2. The molecule has 0 saturated heterocycles. The third-order valence-corrected chi connectivity index (χ3v) is 2.75. The molecule has 0 unspecified atom stereocenters. The van der Waals surface area contributed by atoms with Crippen molar-refractivity contribution in [3.63, 3.8) is 0 Å². The second-order valence-corrected chi connectivity index (χ2v) is 4.29. The summed E-state index contributed by atoms with van der Waals surface area (Å²) in [5.41, 5.74) is -0.0622. The maximum Gasteiger partial charge on any atom is 0.348 e. The fourth-order valence-corrected chi connectivity index (χ4v) is 1.73. The molecule has 0 aromatic heterocycles. The van der Waals surface area contributed by atoms with Crippen LogP contribution >= 0.6 is 11.6 Å². The predicted octanol–water partition coefficient (Wildman–Crippen LogP) is 3.90. The minimum absolute atomic E-state index is 0.379. The van der Waals surface area contributed by atoms with E-state index in [0.717, 1.165) is 12.1 Å². The number of hydrogen-bond donors (Lipinski definition) is 1. The van der Waals surface area contributed by atoms with Gasteiger partial charge in [-0.2, -0.15) is 0 Å².